The van der Waals surface area contributed by atoms with Crippen molar-refractivity contribution in [1.82, 2.24) is 14.6 Å². The third-order valence-corrected chi connectivity index (χ3v) is 5.50. The standard InChI is InChI=1S/C21H24F2N4O3/c1-29-15-7-8-16(18(11-15)30-20(22)23)19-17-6-3-9-27(17)21(26-25-19)24-14-5-2-4-13(10-14)12-28/h3,6-9,11,13-14,20,28H,2,4-5,10,12H2,1H3,(H,24,26)/t13-,14+/m1/s1. The molecule has 9 heteroatoms. The molecule has 0 bridgehead atoms. The maximum absolute atomic E-state index is 13.0. The number of hydrogen-bond donors (Lipinski definition) is 2. The Kier molecular flexibility index (Phi) is 5.98. The smallest absolute Gasteiger partial charge is 0.387 e. The van der Waals surface area contributed by atoms with E-state index in [1.165, 1.54) is 13.2 Å². The van der Waals surface area contributed by atoms with Crippen LogP contribution in [0.2, 0.25) is 0 Å². The van der Waals surface area contributed by atoms with Gasteiger partial charge in [0.2, 0.25) is 5.95 Å². The first kappa shape index (κ1) is 20.3. The van der Waals surface area contributed by atoms with Gasteiger partial charge in [-0.25, -0.2) is 0 Å². The minimum Gasteiger partial charge on any atom is -0.497 e. The van der Waals surface area contributed by atoms with Crippen LogP contribution in [0.4, 0.5) is 14.7 Å². The second-order valence-corrected chi connectivity index (χ2v) is 7.43. The van der Waals surface area contributed by atoms with Crippen LogP contribution in [-0.4, -0.2) is 46.1 Å². The van der Waals surface area contributed by atoms with E-state index < -0.39 is 6.61 Å². The third kappa shape index (κ3) is 4.16. The Hall–Kier alpha value is -2.94. The molecule has 1 saturated carbocycles. The largest absolute Gasteiger partial charge is 0.497 e. The summed E-state index contributed by atoms with van der Waals surface area (Å²) in [5.41, 5.74) is 1.55. The highest BCUT2D eigenvalue weighted by atomic mass is 19.3. The molecular formula is C21H24F2N4O3. The average Bonchev–Trinajstić information content (AvgIpc) is 3.24. The lowest BCUT2D eigenvalue weighted by Crippen LogP contribution is -2.30. The van der Waals surface area contributed by atoms with Gasteiger partial charge in [0, 0.05) is 30.5 Å². The number of nitrogens with zero attached hydrogens (tertiary/aromatic N) is 3. The number of hydrogen-bond acceptors (Lipinski definition) is 6. The zero-order valence-corrected chi connectivity index (χ0v) is 16.6. The summed E-state index contributed by atoms with van der Waals surface area (Å²) in [6.45, 7) is -2.79. The number of aromatic nitrogens is 3. The van der Waals surface area contributed by atoms with E-state index in [2.05, 4.69) is 15.5 Å². The number of methoxy groups -OCH3 is 1. The summed E-state index contributed by atoms with van der Waals surface area (Å²) in [6.07, 6.45) is 5.78. The van der Waals surface area contributed by atoms with Crippen molar-refractivity contribution in [2.24, 2.45) is 5.92 Å². The number of rotatable bonds is 7. The monoisotopic (exact) mass is 418 g/mol. The van der Waals surface area contributed by atoms with Crippen LogP contribution in [0.3, 0.4) is 0 Å². The summed E-state index contributed by atoms with van der Waals surface area (Å²) in [7, 11) is 1.46. The molecular weight excluding hydrogens is 394 g/mol. The molecule has 4 rings (SSSR count). The van der Waals surface area contributed by atoms with Gasteiger partial charge in [0.25, 0.3) is 0 Å². The second kappa shape index (κ2) is 8.83. The van der Waals surface area contributed by atoms with Gasteiger partial charge < -0.3 is 19.9 Å². The Morgan fingerprint density at radius 3 is 2.90 bits per heavy atom. The minimum absolute atomic E-state index is 0.0273. The summed E-state index contributed by atoms with van der Waals surface area (Å²) in [4.78, 5) is 0. The molecule has 1 aromatic carbocycles. The van der Waals surface area contributed by atoms with Crippen LogP contribution in [0, 0.1) is 5.92 Å². The molecule has 0 radical (unpaired) electrons. The van der Waals surface area contributed by atoms with Crippen molar-refractivity contribution in [3.8, 4) is 22.8 Å². The van der Waals surface area contributed by atoms with E-state index in [9.17, 15) is 13.9 Å². The van der Waals surface area contributed by atoms with E-state index in [0.29, 0.717) is 28.5 Å². The lowest BCUT2D eigenvalue weighted by molar-refractivity contribution is -0.0495. The first-order valence-electron chi connectivity index (χ1n) is 9.93. The molecule has 3 aromatic rings. The molecule has 7 nitrogen and oxygen atoms in total. The van der Waals surface area contributed by atoms with E-state index in [4.69, 9.17) is 9.47 Å². The van der Waals surface area contributed by atoms with E-state index in [1.807, 2.05) is 22.7 Å². The predicted octanol–water partition coefficient (Wildman–Crippen LogP) is 3.97. The van der Waals surface area contributed by atoms with Gasteiger partial charge in [0.05, 0.1) is 12.6 Å². The first-order valence-corrected chi connectivity index (χ1v) is 9.93. The number of benzene rings is 1. The molecule has 0 amide bonds. The van der Waals surface area contributed by atoms with Crippen molar-refractivity contribution in [3.63, 3.8) is 0 Å². The SMILES string of the molecule is COc1ccc(-c2nnc(N[C@H]3CCC[C@@H](CO)C3)n3cccc23)c(OC(F)F)c1. The summed E-state index contributed by atoms with van der Waals surface area (Å²) in [5.74, 6) is 1.24. The molecule has 0 spiro atoms. The molecule has 1 aliphatic rings. The molecule has 30 heavy (non-hydrogen) atoms. The maximum Gasteiger partial charge on any atom is 0.387 e. The average molecular weight is 418 g/mol. The highest BCUT2D eigenvalue weighted by Gasteiger charge is 2.23. The van der Waals surface area contributed by atoms with Crippen molar-refractivity contribution in [3.05, 3.63) is 36.5 Å². The normalized spacial score (nSPS) is 19.2. The molecule has 0 aliphatic heterocycles. The number of fused-ring (bicyclic) bond motifs is 1. The van der Waals surface area contributed by atoms with E-state index in [1.54, 1.807) is 12.1 Å². The zero-order chi connectivity index (χ0) is 21.1. The van der Waals surface area contributed by atoms with Crippen LogP contribution in [-0.2, 0) is 0 Å². The van der Waals surface area contributed by atoms with E-state index >= 15 is 0 Å². The van der Waals surface area contributed by atoms with Gasteiger partial charge in [-0.2, -0.15) is 8.78 Å². The third-order valence-electron chi connectivity index (χ3n) is 5.50. The number of aliphatic hydroxyl groups is 1. The van der Waals surface area contributed by atoms with Gasteiger partial charge in [0.15, 0.2) is 0 Å². The quantitative estimate of drug-likeness (QED) is 0.604. The highest BCUT2D eigenvalue weighted by molar-refractivity contribution is 5.81. The number of alkyl halides is 2. The molecule has 1 aliphatic carbocycles. The Labute approximate surface area is 172 Å². The molecule has 2 N–H and O–H groups in total. The van der Waals surface area contributed by atoms with Gasteiger partial charge in [-0.1, -0.05) is 6.42 Å². The van der Waals surface area contributed by atoms with Gasteiger partial charge in [-0.15, -0.1) is 10.2 Å². The summed E-state index contributed by atoms with van der Waals surface area (Å²) in [6, 6.07) is 8.60. The fourth-order valence-electron chi connectivity index (χ4n) is 4.03. The fraction of sp³-hybridized carbons (Fsp3) is 0.429. The molecule has 2 aromatic heterocycles. The highest BCUT2D eigenvalue weighted by Crippen LogP contribution is 2.36. The Balaban J connectivity index is 1.69. The van der Waals surface area contributed by atoms with Crippen LogP contribution < -0.4 is 14.8 Å². The van der Waals surface area contributed by atoms with Gasteiger partial charge in [-0.3, -0.25) is 4.40 Å². The number of halogens is 2. The predicted molar refractivity (Wildman–Crippen MR) is 108 cm³/mol. The van der Waals surface area contributed by atoms with Crippen molar-refractivity contribution in [1.29, 1.82) is 0 Å². The molecule has 0 unspecified atom stereocenters. The van der Waals surface area contributed by atoms with Gasteiger partial charge in [0.1, 0.15) is 17.2 Å². The Morgan fingerprint density at radius 2 is 2.13 bits per heavy atom. The van der Waals surface area contributed by atoms with Crippen molar-refractivity contribution < 1.29 is 23.4 Å². The maximum atomic E-state index is 13.0. The second-order valence-electron chi connectivity index (χ2n) is 7.43. The fourth-order valence-corrected chi connectivity index (χ4v) is 4.03. The van der Waals surface area contributed by atoms with Gasteiger partial charge in [-0.05, 0) is 49.4 Å². The Bertz CT molecular complexity index is 1010. The van der Waals surface area contributed by atoms with E-state index in [-0.39, 0.29) is 24.3 Å². The minimum atomic E-state index is -2.97. The number of ether oxygens (including phenoxy) is 2. The number of aliphatic hydroxyl groups excluding tert-OH is 1. The molecule has 2 atom stereocenters. The summed E-state index contributed by atoms with van der Waals surface area (Å²) in [5, 5.41) is 21.5. The lowest BCUT2D eigenvalue weighted by Gasteiger charge is -2.29. The van der Waals surface area contributed by atoms with Crippen LogP contribution in [0.5, 0.6) is 11.5 Å². The van der Waals surface area contributed by atoms with Crippen molar-refractivity contribution in [2.75, 3.05) is 19.0 Å². The molecule has 2 heterocycles. The number of anilines is 1. The van der Waals surface area contributed by atoms with Gasteiger partial charge >= 0.3 is 6.61 Å². The first-order chi connectivity index (χ1) is 14.6. The molecule has 1 fully saturated rings. The molecule has 160 valence electrons. The van der Waals surface area contributed by atoms with Crippen molar-refractivity contribution in [2.45, 2.75) is 38.3 Å². The number of nitrogens with one attached hydrogen (secondary N) is 1. The van der Waals surface area contributed by atoms with Crippen LogP contribution in [0.1, 0.15) is 25.7 Å². The van der Waals surface area contributed by atoms with Crippen LogP contribution in [0.15, 0.2) is 36.5 Å². The van der Waals surface area contributed by atoms with Crippen LogP contribution >= 0.6 is 0 Å². The Morgan fingerprint density at radius 1 is 1.27 bits per heavy atom. The lowest BCUT2D eigenvalue weighted by atomic mass is 9.86. The van der Waals surface area contributed by atoms with Crippen LogP contribution in [0.25, 0.3) is 16.8 Å². The van der Waals surface area contributed by atoms with E-state index in [0.717, 1.165) is 25.7 Å². The topological polar surface area (TPSA) is 80.9 Å². The van der Waals surface area contributed by atoms with Crippen molar-refractivity contribution >= 4 is 11.5 Å². The summed E-state index contributed by atoms with van der Waals surface area (Å²) >= 11 is 0. The zero-order valence-electron chi connectivity index (χ0n) is 16.6. The summed E-state index contributed by atoms with van der Waals surface area (Å²) < 4.78 is 37.6. The molecule has 0 saturated heterocycles.